The molecule has 1 aliphatic rings. The maximum absolute atomic E-state index is 13.1. The highest BCUT2D eigenvalue weighted by Crippen LogP contribution is 2.20. The minimum absolute atomic E-state index is 0.00232. The van der Waals surface area contributed by atoms with Gasteiger partial charge in [0.15, 0.2) is 0 Å². The normalized spacial score (nSPS) is 13.5. The molecule has 0 bridgehead atoms. The summed E-state index contributed by atoms with van der Waals surface area (Å²) in [5, 5.41) is 9.69. The summed E-state index contributed by atoms with van der Waals surface area (Å²) in [6.07, 6.45) is 3.88. The second-order valence-electron chi connectivity index (χ2n) is 8.15. The average Bonchev–Trinajstić information content (AvgIpc) is 3.43. The number of amides is 1. The van der Waals surface area contributed by atoms with Gasteiger partial charge in [-0.3, -0.25) is 9.79 Å². The van der Waals surface area contributed by atoms with Crippen LogP contribution in [-0.4, -0.2) is 53.8 Å². The molecule has 2 N–H and O–H groups in total. The first-order valence-corrected chi connectivity index (χ1v) is 12.4. The number of hydrogen-bond acceptors (Lipinski definition) is 6. The predicted molar refractivity (Wildman–Crippen MR) is 129 cm³/mol. The van der Waals surface area contributed by atoms with Gasteiger partial charge in [0, 0.05) is 38.3 Å². The van der Waals surface area contributed by atoms with Crippen molar-refractivity contribution < 1.29 is 13.2 Å². The van der Waals surface area contributed by atoms with Crippen molar-refractivity contribution in [1.82, 2.24) is 19.7 Å². The first-order chi connectivity index (χ1) is 16.2. The number of sulfonamides is 1. The number of nitrogens with two attached hydrogens (primary N) is 1. The number of allylic oxidation sites excluding steroid dienone is 1. The molecule has 1 aromatic heterocycles. The van der Waals surface area contributed by atoms with Crippen molar-refractivity contribution in [2.75, 3.05) is 13.6 Å². The van der Waals surface area contributed by atoms with Crippen LogP contribution in [0, 0.1) is 0 Å². The molecule has 1 aliphatic heterocycles. The van der Waals surface area contributed by atoms with Gasteiger partial charge in [-0.05, 0) is 48.7 Å². The third-order valence-corrected chi connectivity index (χ3v) is 6.64. The number of primary sulfonamides is 1. The second kappa shape index (κ2) is 9.70. The van der Waals surface area contributed by atoms with Crippen molar-refractivity contribution >= 4 is 22.1 Å². The lowest BCUT2D eigenvalue weighted by atomic mass is 10.1. The minimum Gasteiger partial charge on any atom is -0.339 e. The lowest BCUT2D eigenvalue weighted by Crippen LogP contribution is -2.29. The summed E-state index contributed by atoms with van der Waals surface area (Å²) in [4.78, 5) is 23.5. The Kier molecular flexibility index (Phi) is 6.71. The third kappa shape index (κ3) is 5.29. The molecular weight excluding hydrogens is 452 g/mol. The van der Waals surface area contributed by atoms with Crippen LogP contribution in [0.5, 0.6) is 0 Å². The van der Waals surface area contributed by atoms with E-state index in [2.05, 4.69) is 15.1 Å². The number of aromatic nitrogens is 3. The Labute approximate surface area is 198 Å². The number of nitrogens with zero attached hydrogens (tertiary/aromatic N) is 5. The van der Waals surface area contributed by atoms with E-state index in [-0.39, 0.29) is 16.6 Å². The molecule has 3 aromatic rings. The summed E-state index contributed by atoms with van der Waals surface area (Å²) >= 11 is 0. The van der Waals surface area contributed by atoms with Crippen molar-refractivity contribution in [3.63, 3.8) is 0 Å². The number of hydrogen-bond donors (Lipinski definition) is 1. The molecular formula is C24H26N6O3S. The topological polar surface area (TPSA) is 124 Å². The van der Waals surface area contributed by atoms with Crippen LogP contribution < -0.4 is 5.14 Å². The summed E-state index contributed by atoms with van der Waals surface area (Å²) in [6, 6.07) is 15.7. The fourth-order valence-electron chi connectivity index (χ4n) is 3.70. The average molecular weight is 479 g/mol. The highest BCUT2D eigenvalue weighted by Gasteiger charge is 2.22. The van der Waals surface area contributed by atoms with Crippen LogP contribution in [-0.2, 0) is 16.4 Å². The van der Waals surface area contributed by atoms with Gasteiger partial charge < -0.3 is 4.90 Å². The SMILES string of the molecule is CC1=C(CCN(C)C(=O)c2nc(Cc3ccccc3)n(-c3ccc(S(N)(=O)=O)cc3)n2)CC=N1. The molecule has 2 aromatic carbocycles. The molecule has 0 spiro atoms. The van der Waals surface area contributed by atoms with E-state index in [0.29, 0.717) is 24.5 Å². The summed E-state index contributed by atoms with van der Waals surface area (Å²) in [7, 11) is -2.09. The van der Waals surface area contributed by atoms with Crippen molar-refractivity contribution in [1.29, 1.82) is 0 Å². The van der Waals surface area contributed by atoms with Crippen LogP contribution in [0.25, 0.3) is 5.69 Å². The first-order valence-electron chi connectivity index (χ1n) is 10.8. The molecule has 0 aliphatic carbocycles. The molecule has 10 heteroatoms. The molecule has 0 atom stereocenters. The van der Waals surface area contributed by atoms with Gasteiger partial charge in [-0.2, -0.15) is 0 Å². The molecule has 4 rings (SSSR count). The van der Waals surface area contributed by atoms with Crippen molar-refractivity contribution in [3.05, 3.63) is 83.1 Å². The Balaban J connectivity index is 1.61. The van der Waals surface area contributed by atoms with Crippen LogP contribution in [0.1, 0.15) is 41.8 Å². The van der Waals surface area contributed by atoms with Gasteiger partial charge in [-0.25, -0.2) is 23.2 Å². The fraction of sp³-hybridized carbons (Fsp3) is 0.250. The van der Waals surface area contributed by atoms with Crippen LogP contribution in [0.15, 0.2) is 75.8 Å². The van der Waals surface area contributed by atoms with E-state index in [1.54, 1.807) is 28.8 Å². The third-order valence-electron chi connectivity index (χ3n) is 5.71. The van der Waals surface area contributed by atoms with Gasteiger partial charge in [0.1, 0.15) is 5.82 Å². The van der Waals surface area contributed by atoms with Gasteiger partial charge in [-0.15, -0.1) is 5.10 Å². The van der Waals surface area contributed by atoms with E-state index in [9.17, 15) is 13.2 Å². The molecule has 1 amide bonds. The Morgan fingerprint density at radius 1 is 1.12 bits per heavy atom. The van der Waals surface area contributed by atoms with Gasteiger partial charge in [0.2, 0.25) is 15.8 Å². The van der Waals surface area contributed by atoms with E-state index in [1.165, 1.54) is 17.7 Å². The molecule has 0 saturated heterocycles. The number of aliphatic imine (C=N–C) groups is 1. The molecule has 176 valence electrons. The Morgan fingerprint density at radius 3 is 2.44 bits per heavy atom. The van der Waals surface area contributed by atoms with Gasteiger partial charge >= 0.3 is 0 Å². The van der Waals surface area contributed by atoms with Gasteiger partial charge in [-0.1, -0.05) is 30.3 Å². The maximum atomic E-state index is 13.1. The van der Waals surface area contributed by atoms with Crippen molar-refractivity contribution in [2.45, 2.75) is 31.1 Å². The Bertz CT molecular complexity index is 1360. The highest BCUT2D eigenvalue weighted by atomic mass is 32.2. The summed E-state index contributed by atoms with van der Waals surface area (Å²) < 4.78 is 24.8. The zero-order valence-electron chi connectivity index (χ0n) is 19.0. The zero-order chi connectivity index (χ0) is 24.3. The van der Waals surface area contributed by atoms with Gasteiger partial charge in [0.25, 0.3) is 5.91 Å². The number of benzene rings is 2. The molecule has 9 nitrogen and oxygen atoms in total. The van der Waals surface area contributed by atoms with E-state index in [1.807, 2.05) is 43.5 Å². The molecule has 0 radical (unpaired) electrons. The molecule has 34 heavy (non-hydrogen) atoms. The van der Waals surface area contributed by atoms with Crippen LogP contribution in [0.2, 0.25) is 0 Å². The first kappa shape index (κ1) is 23.5. The summed E-state index contributed by atoms with van der Waals surface area (Å²) in [5.41, 5.74) is 3.82. The van der Waals surface area contributed by atoms with Crippen LogP contribution in [0.3, 0.4) is 0 Å². The molecule has 0 unspecified atom stereocenters. The predicted octanol–water partition coefficient (Wildman–Crippen LogP) is 2.72. The largest absolute Gasteiger partial charge is 0.339 e. The number of rotatable bonds is 8. The minimum atomic E-state index is -3.82. The standard InChI is InChI=1S/C24H26N6O3S/c1-17-19(12-14-26-17)13-15-29(2)24(31)23-27-22(16-18-6-4-3-5-7-18)30(28-23)20-8-10-21(11-9-20)34(25,32)33/h3-11,14H,12-13,15-16H2,1-2H3,(H2,25,32,33). The summed E-state index contributed by atoms with van der Waals surface area (Å²) in [6.45, 7) is 2.50. The molecule has 2 heterocycles. The van der Waals surface area contributed by atoms with Gasteiger partial charge in [0.05, 0.1) is 10.6 Å². The van der Waals surface area contributed by atoms with E-state index in [4.69, 9.17) is 5.14 Å². The van der Waals surface area contributed by atoms with Crippen molar-refractivity contribution in [2.24, 2.45) is 10.1 Å². The zero-order valence-corrected chi connectivity index (χ0v) is 19.9. The van der Waals surface area contributed by atoms with E-state index < -0.39 is 10.0 Å². The summed E-state index contributed by atoms with van der Waals surface area (Å²) in [5.74, 6) is 0.359. The smallest absolute Gasteiger partial charge is 0.293 e. The quantitative estimate of drug-likeness (QED) is 0.533. The van der Waals surface area contributed by atoms with E-state index in [0.717, 1.165) is 24.1 Å². The Hall–Kier alpha value is -3.63. The molecule has 0 saturated carbocycles. The lowest BCUT2D eigenvalue weighted by molar-refractivity contribution is 0.0784. The number of carbonyl (C=O) groups is 1. The second-order valence-corrected chi connectivity index (χ2v) is 9.71. The van der Waals surface area contributed by atoms with Crippen molar-refractivity contribution in [3.8, 4) is 5.69 Å². The van der Waals surface area contributed by atoms with Crippen LogP contribution >= 0.6 is 0 Å². The monoisotopic (exact) mass is 478 g/mol. The van der Waals surface area contributed by atoms with Crippen LogP contribution in [0.4, 0.5) is 0 Å². The van der Waals surface area contributed by atoms with E-state index >= 15 is 0 Å². The lowest BCUT2D eigenvalue weighted by Gasteiger charge is -2.15. The molecule has 0 fully saturated rings. The number of carbonyl (C=O) groups excluding carboxylic acids is 1. The fourth-order valence-corrected chi connectivity index (χ4v) is 4.22. The maximum Gasteiger partial charge on any atom is 0.293 e. The Morgan fingerprint density at radius 2 is 1.82 bits per heavy atom. The highest BCUT2D eigenvalue weighted by molar-refractivity contribution is 7.89.